The van der Waals surface area contributed by atoms with Gasteiger partial charge >= 0.3 is 0 Å². The number of nitrogens with zero attached hydrogens (tertiary/aromatic N) is 1. The molecule has 0 amide bonds. The second-order valence-corrected chi connectivity index (χ2v) is 8.07. The molecule has 0 unspecified atom stereocenters. The van der Waals surface area contributed by atoms with E-state index >= 15 is 0 Å². The Hall–Kier alpha value is -1.07. The molecule has 2 rings (SSSR count). The summed E-state index contributed by atoms with van der Waals surface area (Å²) in [6.07, 6.45) is 4.24. The standard InChI is InChI=1S/C16H26N2O2S/c1-13(2)12-18(15-6-4-5-7-15)21(19,20)16-10-8-14(17-3)9-11-16/h8-11,13,15,17H,4-7,12H2,1-3H3. The Balaban J connectivity index is 2.30. The van der Waals surface area contributed by atoms with Crippen LogP contribution in [-0.4, -0.2) is 32.4 Å². The first kappa shape index (κ1) is 16.3. The van der Waals surface area contributed by atoms with Crippen molar-refractivity contribution in [2.24, 2.45) is 5.92 Å². The Bertz CT molecular complexity index is 546. The van der Waals surface area contributed by atoms with Crippen molar-refractivity contribution < 1.29 is 8.42 Å². The summed E-state index contributed by atoms with van der Waals surface area (Å²) >= 11 is 0. The molecule has 0 radical (unpaired) electrons. The van der Waals surface area contributed by atoms with Crippen molar-refractivity contribution in [2.75, 3.05) is 18.9 Å². The summed E-state index contributed by atoms with van der Waals surface area (Å²) in [5.41, 5.74) is 0.922. The highest BCUT2D eigenvalue weighted by Gasteiger charge is 2.33. The van der Waals surface area contributed by atoms with E-state index in [9.17, 15) is 8.42 Å². The molecule has 0 bridgehead atoms. The molecular weight excluding hydrogens is 284 g/mol. The van der Waals surface area contributed by atoms with Crippen molar-refractivity contribution in [3.05, 3.63) is 24.3 Å². The van der Waals surface area contributed by atoms with Crippen LogP contribution < -0.4 is 5.32 Å². The van der Waals surface area contributed by atoms with E-state index in [-0.39, 0.29) is 6.04 Å². The number of benzene rings is 1. The lowest BCUT2D eigenvalue weighted by molar-refractivity contribution is 0.292. The Morgan fingerprint density at radius 2 is 1.76 bits per heavy atom. The van der Waals surface area contributed by atoms with Crippen LogP contribution in [0.2, 0.25) is 0 Å². The molecule has 21 heavy (non-hydrogen) atoms. The third-order valence-corrected chi connectivity index (χ3v) is 5.96. The molecule has 4 nitrogen and oxygen atoms in total. The lowest BCUT2D eigenvalue weighted by Crippen LogP contribution is -2.41. The third-order valence-electron chi connectivity index (χ3n) is 4.03. The van der Waals surface area contributed by atoms with E-state index in [1.807, 2.05) is 19.2 Å². The van der Waals surface area contributed by atoms with Crippen LogP contribution in [0.5, 0.6) is 0 Å². The van der Waals surface area contributed by atoms with Crippen molar-refractivity contribution in [1.82, 2.24) is 4.31 Å². The smallest absolute Gasteiger partial charge is 0.243 e. The summed E-state index contributed by atoms with van der Waals surface area (Å²) in [6, 6.07) is 7.19. The van der Waals surface area contributed by atoms with E-state index < -0.39 is 10.0 Å². The minimum Gasteiger partial charge on any atom is -0.388 e. The number of rotatable bonds is 6. The maximum atomic E-state index is 13.0. The first-order chi connectivity index (χ1) is 9.95. The molecular formula is C16H26N2O2S. The summed E-state index contributed by atoms with van der Waals surface area (Å²) in [5, 5.41) is 3.01. The van der Waals surface area contributed by atoms with Gasteiger partial charge in [-0.05, 0) is 43.0 Å². The van der Waals surface area contributed by atoms with E-state index in [4.69, 9.17) is 0 Å². The first-order valence-corrected chi connectivity index (χ1v) is 9.19. The van der Waals surface area contributed by atoms with Gasteiger partial charge in [-0.2, -0.15) is 4.31 Å². The van der Waals surface area contributed by atoms with Crippen molar-refractivity contribution in [3.63, 3.8) is 0 Å². The molecule has 118 valence electrons. The molecule has 1 aliphatic carbocycles. The number of anilines is 1. The summed E-state index contributed by atoms with van der Waals surface area (Å²) in [5.74, 6) is 0.331. The summed E-state index contributed by atoms with van der Waals surface area (Å²) in [4.78, 5) is 0.397. The normalized spacial score (nSPS) is 16.8. The predicted octanol–water partition coefficient (Wildman–Crippen LogP) is 3.32. The molecule has 1 N–H and O–H groups in total. The lowest BCUT2D eigenvalue weighted by atomic mass is 10.2. The second kappa shape index (κ2) is 6.79. The van der Waals surface area contributed by atoms with Crippen LogP contribution in [0.15, 0.2) is 29.2 Å². The SMILES string of the molecule is CNc1ccc(S(=O)(=O)N(CC(C)C)C2CCCC2)cc1. The molecule has 1 aromatic rings. The summed E-state index contributed by atoms with van der Waals surface area (Å²) in [6.45, 7) is 4.74. The fourth-order valence-electron chi connectivity index (χ4n) is 2.92. The average molecular weight is 310 g/mol. The van der Waals surface area contributed by atoms with Gasteiger partial charge in [0.25, 0.3) is 0 Å². The van der Waals surface area contributed by atoms with E-state index in [0.717, 1.165) is 31.4 Å². The number of hydrogen-bond donors (Lipinski definition) is 1. The van der Waals surface area contributed by atoms with Gasteiger partial charge in [0, 0.05) is 25.3 Å². The van der Waals surface area contributed by atoms with E-state index in [2.05, 4.69) is 19.2 Å². The zero-order valence-electron chi connectivity index (χ0n) is 13.2. The topological polar surface area (TPSA) is 49.4 Å². The summed E-state index contributed by atoms with van der Waals surface area (Å²) in [7, 11) is -1.57. The van der Waals surface area contributed by atoms with Crippen molar-refractivity contribution in [1.29, 1.82) is 0 Å². The largest absolute Gasteiger partial charge is 0.388 e. The fourth-order valence-corrected chi connectivity index (χ4v) is 4.77. The van der Waals surface area contributed by atoms with E-state index in [1.165, 1.54) is 0 Å². The average Bonchev–Trinajstić information content (AvgIpc) is 2.98. The molecule has 0 heterocycles. The highest BCUT2D eigenvalue weighted by Crippen LogP contribution is 2.29. The molecule has 0 atom stereocenters. The minimum absolute atomic E-state index is 0.168. The molecule has 1 aromatic carbocycles. The van der Waals surface area contributed by atoms with Crippen LogP contribution in [0.1, 0.15) is 39.5 Å². The molecule has 1 fully saturated rings. The van der Waals surface area contributed by atoms with Gasteiger partial charge in [-0.25, -0.2) is 8.42 Å². The van der Waals surface area contributed by atoms with Crippen LogP contribution in [0.3, 0.4) is 0 Å². The first-order valence-electron chi connectivity index (χ1n) is 7.75. The Labute approximate surface area is 128 Å². The predicted molar refractivity (Wildman–Crippen MR) is 87.0 cm³/mol. The van der Waals surface area contributed by atoms with Crippen LogP contribution in [0.4, 0.5) is 5.69 Å². The van der Waals surface area contributed by atoms with Crippen molar-refractivity contribution in [3.8, 4) is 0 Å². The lowest BCUT2D eigenvalue weighted by Gasteiger charge is -2.29. The Morgan fingerprint density at radius 1 is 1.19 bits per heavy atom. The zero-order valence-corrected chi connectivity index (χ0v) is 14.0. The molecule has 0 spiro atoms. The Kier molecular flexibility index (Phi) is 5.27. The maximum absolute atomic E-state index is 13.0. The molecule has 5 heteroatoms. The van der Waals surface area contributed by atoms with Gasteiger partial charge in [-0.3, -0.25) is 0 Å². The van der Waals surface area contributed by atoms with Gasteiger partial charge in [0.2, 0.25) is 10.0 Å². The summed E-state index contributed by atoms with van der Waals surface area (Å²) < 4.78 is 27.7. The van der Waals surface area contributed by atoms with Crippen molar-refractivity contribution >= 4 is 15.7 Å². The molecule has 0 aliphatic heterocycles. The molecule has 1 aliphatic rings. The highest BCUT2D eigenvalue weighted by atomic mass is 32.2. The van der Waals surface area contributed by atoms with Gasteiger partial charge in [0.15, 0.2) is 0 Å². The van der Waals surface area contributed by atoms with Crippen LogP contribution in [0, 0.1) is 5.92 Å². The van der Waals surface area contributed by atoms with E-state index in [0.29, 0.717) is 17.4 Å². The number of nitrogens with one attached hydrogen (secondary N) is 1. The Morgan fingerprint density at radius 3 is 2.24 bits per heavy atom. The van der Waals surface area contributed by atoms with Crippen LogP contribution >= 0.6 is 0 Å². The van der Waals surface area contributed by atoms with Gasteiger partial charge in [-0.1, -0.05) is 26.7 Å². The molecule has 0 aromatic heterocycles. The van der Waals surface area contributed by atoms with Crippen molar-refractivity contribution in [2.45, 2.75) is 50.5 Å². The third kappa shape index (κ3) is 3.77. The maximum Gasteiger partial charge on any atom is 0.243 e. The minimum atomic E-state index is -3.40. The fraction of sp³-hybridized carbons (Fsp3) is 0.625. The molecule has 0 saturated heterocycles. The number of hydrogen-bond acceptors (Lipinski definition) is 3. The monoisotopic (exact) mass is 310 g/mol. The van der Waals surface area contributed by atoms with Gasteiger partial charge in [0.05, 0.1) is 4.90 Å². The number of sulfonamides is 1. The van der Waals surface area contributed by atoms with Gasteiger partial charge < -0.3 is 5.32 Å². The highest BCUT2D eigenvalue weighted by molar-refractivity contribution is 7.89. The zero-order chi connectivity index (χ0) is 15.5. The van der Waals surface area contributed by atoms with Gasteiger partial charge in [-0.15, -0.1) is 0 Å². The van der Waals surface area contributed by atoms with Crippen LogP contribution in [0.25, 0.3) is 0 Å². The quantitative estimate of drug-likeness (QED) is 0.877. The second-order valence-electron chi connectivity index (χ2n) is 6.18. The van der Waals surface area contributed by atoms with Crippen LogP contribution in [-0.2, 0) is 10.0 Å². The van der Waals surface area contributed by atoms with E-state index in [1.54, 1.807) is 16.4 Å². The van der Waals surface area contributed by atoms with Gasteiger partial charge in [0.1, 0.15) is 0 Å². The molecule has 1 saturated carbocycles.